The summed E-state index contributed by atoms with van der Waals surface area (Å²) >= 11 is 6.21. The number of aromatic nitrogens is 2. The Labute approximate surface area is 126 Å². The molecule has 0 aliphatic heterocycles. The van der Waals surface area contributed by atoms with Crippen molar-refractivity contribution < 1.29 is 0 Å². The van der Waals surface area contributed by atoms with Crippen molar-refractivity contribution in [1.29, 1.82) is 0 Å². The summed E-state index contributed by atoms with van der Waals surface area (Å²) in [5.41, 5.74) is 2.18. The molecule has 1 N–H and O–H groups in total. The second-order valence-corrected chi connectivity index (χ2v) is 5.58. The Morgan fingerprint density at radius 2 is 2.00 bits per heavy atom. The summed E-state index contributed by atoms with van der Waals surface area (Å²) < 4.78 is 2.02. The molecule has 0 saturated carbocycles. The van der Waals surface area contributed by atoms with Gasteiger partial charge in [0.05, 0.1) is 5.69 Å². The molecule has 2 unspecified atom stereocenters. The molecule has 0 aliphatic rings. The minimum Gasteiger partial charge on any atom is -0.304 e. The molecule has 1 heterocycles. The van der Waals surface area contributed by atoms with Crippen molar-refractivity contribution in [3.63, 3.8) is 0 Å². The molecule has 3 nitrogen and oxygen atoms in total. The summed E-state index contributed by atoms with van der Waals surface area (Å²) in [7, 11) is 0. The molecule has 1 aromatic carbocycles. The molecule has 1 aromatic heterocycles. The molecule has 0 radical (unpaired) electrons. The van der Waals surface area contributed by atoms with E-state index < -0.39 is 0 Å². The zero-order chi connectivity index (χ0) is 14.5. The van der Waals surface area contributed by atoms with Gasteiger partial charge in [0.25, 0.3) is 0 Å². The van der Waals surface area contributed by atoms with Gasteiger partial charge in [0, 0.05) is 29.8 Å². The number of rotatable bonds is 6. The predicted molar refractivity (Wildman–Crippen MR) is 83.9 cm³/mol. The zero-order valence-electron chi connectivity index (χ0n) is 12.3. The third-order valence-electron chi connectivity index (χ3n) is 3.67. The van der Waals surface area contributed by atoms with Gasteiger partial charge in [-0.05, 0) is 38.0 Å². The lowest BCUT2D eigenvalue weighted by atomic mass is 10.1. The minimum absolute atomic E-state index is 0.206. The standard InChI is InChI=1S/C16H22ClN3/c1-4-12(2)20-10-9-14(19-20)11-18-13(3)15-7-5-6-8-16(15)17/h5-10,12-13,18H,4,11H2,1-3H3. The second-order valence-electron chi connectivity index (χ2n) is 5.17. The summed E-state index contributed by atoms with van der Waals surface area (Å²) in [5, 5.41) is 8.86. The molecule has 2 atom stereocenters. The van der Waals surface area contributed by atoms with Crippen molar-refractivity contribution in [2.24, 2.45) is 0 Å². The molecule has 2 rings (SSSR count). The Morgan fingerprint density at radius 3 is 2.70 bits per heavy atom. The van der Waals surface area contributed by atoms with Crippen LogP contribution in [0.25, 0.3) is 0 Å². The van der Waals surface area contributed by atoms with Gasteiger partial charge in [-0.1, -0.05) is 36.7 Å². The van der Waals surface area contributed by atoms with Crippen LogP contribution in [0.15, 0.2) is 36.5 Å². The van der Waals surface area contributed by atoms with Crippen molar-refractivity contribution in [1.82, 2.24) is 15.1 Å². The first-order valence-electron chi connectivity index (χ1n) is 7.13. The van der Waals surface area contributed by atoms with E-state index in [2.05, 4.69) is 43.3 Å². The predicted octanol–water partition coefficient (Wildman–Crippen LogP) is 4.36. The molecule has 4 heteroatoms. The van der Waals surface area contributed by atoms with Crippen molar-refractivity contribution in [2.45, 2.75) is 45.8 Å². The van der Waals surface area contributed by atoms with Gasteiger partial charge < -0.3 is 5.32 Å². The Hall–Kier alpha value is -1.32. The number of hydrogen-bond acceptors (Lipinski definition) is 2. The smallest absolute Gasteiger partial charge is 0.0762 e. The lowest BCUT2D eigenvalue weighted by Gasteiger charge is -2.15. The van der Waals surface area contributed by atoms with E-state index in [1.807, 2.05) is 29.1 Å². The average Bonchev–Trinajstić information content (AvgIpc) is 2.93. The van der Waals surface area contributed by atoms with Crippen LogP contribution in [0.2, 0.25) is 5.02 Å². The summed E-state index contributed by atoms with van der Waals surface area (Å²) in [6, 6.07) is 10.7. The summed E-state index contributed by atoms with van der Waals surface area (Å²) in [4.78, 5) is 0. The summed E-state index contributed by atoms with van der Waals surface area (Å²) in [6.45, 7) is 7.21. The van der Waals surface area contributed by atoms with Crippen LogP contribution >= 0.6 is 11.6 Å². The molecule has 0 saturated heterocycles. The molecule has 108 valence electrons. The first-order valence-corrected chi connectivity index (χ1v) is 7.51. The fourth-order valence-corrected chi connectivity index (χ4v) is 2.40. The number of hydrogen-bond donors (Lipinski definition) is 1. The highest BCUT2D eigenvalue weighted by molar-refractivity contribution is 6.31. The van der Waals surface area contributed by atoms with Gasteiger partial charge in [0.2, 0.25) is 0 Å². The maximum atomic E-state index is 6.21. The van der Waals surface area contributed by atoms with E-state index >= 15 is 0 Å². The monoisotopic (exact) mass is 291 g/mol. The number of halogens is 1. The van der Waals surface area contributed by atoms with Crippen LogP contribution in [0.5, 0.6) is 0 Å². The van der Waals surface area contributed by atoms with E-state index in [1.165, 1.54) is 0 Å². The second kappa shape index (κ2) is 6.91. The maximum absolute atomic E-state index is 6.21. The molecule has 0 spiro atoms. The lowest BCUT2D eigenvalue weighted by molar-refractivity contribution is 0.468. The lowest BCUT2D eigenvalue weighted by Crippen LogP contribution is -2.19. The van der Waals surface area contributed by atoms with Crippen LogP contribution in [0, 0.1) is 0 Å². The normalized spacial score (nSPS) is 14.2. The van der Waals surface area contributed by atoms with Crippen LogP contribution in [0.3, 0.4) is 0 Å². The molecule has 0 fully saturated rings. The van der Waals surface area contributed by atoms with Crippen molar-refractivity contribution in [3.05, 3.63) is 52.8 Å². The number of nitrogens with one attached hydrogen (secondary N) is 1. The fraction of sp³-hybridized carbons (Fsp3) is 0.438. The largest absolute Gasteiger partial charge is 0.304 e. The topological polar surface area (TPSA) is 29.9 Å². The van der Waals surface area contributed by atoms with Gasteiger partial charge >= 0.3 is 0 Å². The molecular formula is C16H22ClN3. The summed E-state index contributed by atoms with van der Waals surface area (Å²) in [6.07, 6.45) is 3.13. The van der Waals surface area contributed by atoms with E-state index in [-0.39, 0.29) is 6.04 Å². The van der Waals surface area contributed by atoms with E-state index in [1.54, 1.807) is 0 Å². The van der Waals surface area contributed by atoms with Gasteiger partial charge in [0.15, 0.2) is 0 Å². The Balaban J connectivity index is 1.95. The first-order chi connectivity index (χ1) is 9.61. The van der Waals surface area contributed by atoms with E-state index in [0.717, 1.165) is 29.2 Å². The van der Waals surface area contributed by atoms with E-state index in [9.17, 15) is 0 Å². The van der Waals surface area contributed by atoms with Crippen molar-refractivity contribution in [3.8, 4) is 0 Å². The highest BCUT2D eigenvalue weighted by atomic mass is 35.5. The minimum atomic E-state index is 0.206. The van der Waals surface area contributed by atoms with Gasteiger partial charge in [-0.3, -0.25) is 4.68 Å². The summed E-state index contributed by atoms with van der Waals surface area (Å²) in [5.74, 6) is 0. The molecule has 0 bridgehead atoms. The van der Waals surface area contributed by atoms with Gasteiger partial charge in [-0.15, -0.1) is 0 Å². The van der Waals surface area contributed by atoms with Crippen molar-refractivity contribution in [2.75, 3.05) is 0 Å². The maximum Gasteiger partial charge on any atom is 0.0762 e. The molecular weight excluding hydrogens is 270 g/mol. The van der Waals surface area contributed by atoms with E-state index in [0.29, 0.717) is 6.04 Å². The van der Waals surface area contributed by atoms with Crippen LogP contribution in [0.1, 0.15) is 50.5 Å². The third kappa shape index (κ3) is 3.62. The number of nitrogens with zero attached hydrogens (tertiary/aromatic N) is 2. The average molecular weight is 292 g/mol. The zero-order valence-corrected chi connectivity index (χ0v) is 13.1. The third-order valence-corrected chi connectivity index (χ3v) is 4.01. The number of benzene rings is 1. The Kier molecular flexibility index (Phi) is 5.21. The Bertz CT molecular complexity index is 550. The molecule has 20 heavy (non-hydrogen) atoms. The first kappa shape index (κ1) is 15.1. The van der Waals surface area contributed by atoms with Gasteiger partial charge in [-0.25, -0.2) is 0 Å². The Morgan fingerprint density at radius 1 is 1.25 bits per heavy atom. The molecule has 0 amide bonds. The van der Waals surface area contributed by atoms with Crippen LogP contribution in [-0.2, 0) is 6.54 Å². The van der Waals surface area contributed by atoms with Gasteiger partial charge in [0.1, 0.15) is 0 Å². The van der Waals surface area contributed by atoms with Crippen molar-refractivity contribution >= 4 is 11.6 Å². The highest BCUT2D eigenvalue weighted by Gasteiger charge is 2.10. The SMILES string of the molecule is CCC(C)n1ccc(CNC(C)c2ccccc2Cl)n1. The van der Waals surface area contributed by atoms with E-state index in [4.69, 9.17) is 11.6 Å². The highest BCUT2D eigenvalue weighted by Crippen LogP contribution is 2.22. The van der Waals surface area contributed by atoms with Crippen LogP contribution in [0.4, 0.5) is 0 Å². The molecule has 0 aliphatic carbocycles. The van der Waals surface area contributed by atoms with Gasteiger partial charge in [-0.2, -0.15) is 5.10 Å². The van der Waals surface area contributed by atoms with Crippen LogP contribution in [-0.4, -0.2) is 9.78 Å². The fourth-order valence-electron chi connectivity index (χ4n) is 2.10. The quantitative estimate of drug-likeness (QED) is 0.857. The van der Waals surface area contributed by atoms with Crippen LogP contribution < -0.4 is 5.32 Å². The molecule has 2 aromatic rings.